The Morgan fingerprint density at radius 2 is 2.54 bits per heavy atom. The fraction of sp³-hybridized carbons (Fsp3) is 0.667. The van der Waals surface area contributed by atoms with Gasteiger partial charge in [0, 0.05) is 0 Å². The summed E-state index contributed by atoms with van der Waals surface area (Å²) in [6.07, 6.45) is 5.45. The van der Waals surface area contributed by atoms with E-state index < -0.39 is 0 Å². The minimum atomic E-state index is -0.0998. The average molecular weight is 199 g/mol. The molecule has 4 heteroatoms. The molecule has 0 aromatic carbocycles. The zero-order valence-electron chi connectivity index (χ0n) is 7.40. The molecule has 1 atom stereocenters. The van der Waals surface area contributed by atoms with Crippen LogP contribution in [0, 0.1) is 0 Å². The summed E-state index contributed by atoms with van der Waals surface area (Å²) in [7, 11) is 0. The van der Waals surface area contributed by atoms with Crippen LogP contribution in [-0.2, 0) is 6.61 Å². The summed E-state index contributed by atoms with van der Waals surface area (Å²) in [5, 5.41) is 9.27. The van der Waals surface area contributed by atoms with Gasteiger partial charge in [-0.2, -0.15) is 11.8 Å². The van der Waals surface area contributed by atoms with Crippen molar-refractivity contribution in [3.05, 3.63) is 17.8 Å². The van der Waals surface area contributed by atoms with Crippen LogP contribution in [-0.4, -0.2) is 15.8 Å². The van der Waals surface area contributed by atoms with E-state index in [1.807, 2.05) is 11.8 Å². The van der Waals surface area contributed by atoms with E-state index in [4.69, 9.17) is 9.52 Å². The van der Waals surface area contributed by atoms with Gasteiger partial charge in [-0.3, -0.25) is 0 Å². The molecule has 2 heterocycles. The molecule has 1 aromatic heterocycles. The Hall–Kier alpha value is -0.480. The number of nitrogens with zero attached hydrogens (tertiary/aromatic N) is 1. The van der Waals surface area contributed by atoms with Crippen molar-refractivity contribution in [1.82, 2.24) is 4.98 Å². The van der Waals surface area contributed by atoms with Crippen LogP contribution in [0.5, 0.6) is 0 Å². The highest BCUT2D eigenvalue weighted by molar-refractivity contribution is 7.99. The number of rotatable bonds is 2. The zero-order chi connectivity index (χ0) is 9.10. The van der Waals surface area contributed by atoms with Crippen LogP contribution in [0.4, 0.5) is 0 Å². The molecule has 1 saturated heterocycles. The Morgan fingerprint density at radius 1 is 1.62 bits per heavy atom. The molecule has 0 saturated carbocycles. The number of oxazole rings is 1. The molecule has 13 heavy (non-hydrogen) atoms. The molecule has 1 unspecified atom stereocenters. The first kappa shape index (κ1) is 9.09. The van der Waals surface area contributed by atoms with Gasteiger partial charge in [-0.1, -0.05) is 6.42 Å². The Morgan fingerprint density at radius 3 is 3.15 bits per heavy atom. The molecule has 1 aliphatic rings. The first-order valence-electron chi connectivity index (χ1n) is 4.57. The smallest absolute Gasteiger partial charge is 0.219 e. The number of thioether (sulfide) groups is 1. The molecule has 0 amide bonds. The quantitative estimate of drug-likeness (QED) is 0.792. The minimum Gasteiger partial charge on any atom is -0.446 e. The van der Waals surface area contributed by atoms with Crippen LogP contribution in [0.15, 0.2) is 10.7 Å². The SMILES string of the molecule is OCc1nc(C2CCCCS2)co1. The van der Waals surface area contributed by atoms with Gasteiger partial charge in [-0.15, -0.1) is 0 Å². The molecule has 3 nitrogen and oxygen atoms in total. The second-order valence-electron chi connectivity index (χ2n) is 3.18. The highest BCUT2D eigenvalue weighted by Gasteiger charge is 2.19. The summed E-state index contributed by atoms with van der Waals surface area (Å²) in [5.74, 6) is 1.65. The molecule has 1 aromatic rings. The lowest BCUT2D eigenvalue weighted by molar-refractivity contribution is 0.240. The van der Waals surface area contributed by atoms with E-state index in [0.717, 1.165) is 5.69 Å². The van der Waals surface area contributed by atoms with Crippen molar-refractivity contribution in [2.75, 3.05) is 5.75 Å². The maximum absolute atomic E-state index is 8.79. The normalized spacial score (nSPS) is 23.3. The van der Waals surface area contributed by atoms with E-state index in [-0.39, 0.29) is 6.61 Å². The van der Waals surface area contributed by atoms with Crippen molar-refractivity contribution in [2.45, 2.75) is 31.1 Å². The third-order valence-corrected chi connectivity index (χ3v) is 3.62. The lowest BCUT2D eigenvalue weighted by Gasteiger charge is -2.18. The molecule has 1 aliphatic heterocycles. The molecule has 0 bridgehead atoms. The fourth-order valence-electron chi connectivity index (χ4n) is 1.52. The summed E-state index contributed by atoms with van der Waals surface area (Å²) in [4.78, 5) is 4.21. The fourth-order valence-corrected chi connectivity index (χ4v) is 2.79. The van der Waals surface area contributed by atoms with Crippen LogP contribution in [0.1, 0.15) is 36.1 Å². The minimum absolute atomic E-state index is 0.0998. The molecule has 2 rings (SSSR count). The maximum Gasteiger partial charge on any atom is 0.219 e. The molecule has 0 aliphatic carbocycles. The standard InChI is InChI=1S/C9H13NO2S/c11-5-9-10-7(6-12-9)8-3-1-2-4-13-8/h6,8,11H,1-5H2. The van der Waals surface area contributed by atoms with Crippen LogP contribution >= 0.6 is 11.8 Å². The van der Waals surface area contributed by atoms with Gasteiger partial charge < -0.3 is 9.52 Å². The largest absolute Gasteiger partial charge is 0.446 e. The lowest BCUT2D eigenvalue weighted by Crippen LogP contribution is -2.02. The highest BCUT2D eigenvalue weighted by atomic mass is 32.2. The molecular weight excluding hydrogens is 186 g/mol. The van der Waals surface area contributed by atoms with E-state index in [9.17, 15) is 0 Å². The van der Waals surface area contributed by atoms with Gasteiger partial charge in [0.1, 0.15) is 12.9 Å². The van der Waals surface area contributed by atoms with Crippen LogP contribution in [0.2, 0.25) is 0 Å². The van der Waals surface area contributed by atoms with E-state index >= 15 is 0 Å². The zero-order valence-corrected chi connectivity index (χ0v) is 8.22. The van der Waals surface area contributed by atoms with E-state index in [1.54, 1.807) is 6.26 Å². The molecule has 0 spiro atoms. The van der Waals surface area contributed by atoms with Crippen LogP contribution < -0.4 is 0 Å². The topological polar surface area (TPSA) is 46.3 Å². The van der Waals surface area contributed by atoms with Crippen molar-refractivity contribution in [3.63, 3.8) is 0 Å². The van der Waals surface area contributed by atoms with Gasteiger partial charge in [-0.25, -0.2) is 4.98 Å². The maximum atomic E-state index is 8.79. The van der Waals surface area contributed by atoms with Crippen molar-refractivity contribution in [1.29, 1.82) is 0 Å². The van der Waals surface area contributed by atoms with E-state index in [1.165, 1.54) is 25.0 Å². The summed E-state index contributed by atoms with van der Waals surface area (Å²) < 4.78 is 5.09. The van der Waals surface area contributed by atoms with Gasteiger partial charge in [-0.05, 0) is 18.6 Å². The molecule has 1 N–H and O–H groups in total. The third kappa shape index (κ3) is 2.06. The summed E-state index contributed by atoms with van der Waals surface area (Å²) in [5.41, 5.74) is 0.994. The lowest BCUT2D eigenvalue weighted by atomic mass is 10.1. The molecule has 1 fully saturated rings. The highest BCUT2D eigenvalue weighted by Crippen LogP contribution is 2.37. The third-order valence-electron chi connectivity index (χ3n) is 2.21. The molecule has 72 valence electrons. The Kier molecular flexibility index (Phi) is 2.90. The summed E-state index contributed by atoms with van der Waals surface area (Å²) >= 11 is 1.94. The number of aliphatic hydroxyl groups is 1. The van der Waals surface area contributed by atoms with Crippen molar-refractivity contribution < 1.29 is 9.52 Å². The Labute approximate surface area is 81.5 Å². The predicted octanol–water partition coefficient (Wildman–Crippen LogP) is 2.13. The Balaban J connectivity index is 2.05. The predicted molar refractivity (Wildman–Crippen MR) is 51.5 cm³/mol. The average Bonchev–Trinajstić information content (AvgIpc) is 2.67. The number of aliphatic hydroxyl groups excluding tert-OH is 1. The van der Waals surface area contributed by atoms with Gasteiger partial charge in [0.25, 0.3) is 0 Å². The first-order chi connectivity index (χ1) is 6.40. The van der Waals surface area contributed by atoms with E-state index in [0.29, 0.717) is 11.1 Å². The summed E-state index contributed by atoms with van der Waals surface area (Å²) in [6.45, 7) is -0.0998. The second kappa shape index (κ2) is 4.15. The van der Waals surface area contributed by atoms with Gasteiger partial charge >= 0.3 is 0 Å². The van der Waals surface area contributed by atoms with Crippen molar-refractivity contribution in [3.8, 4) is 0 Å². The van der Waals surface area contributed by atoms with Gasteiger partial charge in [0.15, 0.2) is 0 Å². The Bertz CT molecular complexity index is 268. The van der Waals surface area contributed by atoms with Gasteiger partial charge in [0.2, 0.25) is 5.89 Å². The monoisotopic (exact) mass is 199 g/mol. The number of hydrogen-bond donors (Lipinski definition) is 1. The van der Waals surface area contributed by atoms with Gasteiger partial charge in [0.05, 0.1) is 10.9 Å². The van der Waals surface area contributed by atoms with Crippen LogP contribution in [0.3, 0.4) is 0 Å². The van der Waals surface area contributed by atoms with Crippen LogP contribution in [0.25, 0.3) is 0 Å². The van der Waals surface area contributed by atoms with E-state index in [2.05, 4.69) is 4.98 Å². The summed E-state index contributed by atoms with van der Waals surface area (Å²) in [6, 6.07) is 0. The molecule has 0 radical (unpaired) electrons. The molecular formula is C9H13NO2S. The number of hydrogen-bond acceptors (Lipinski definition) is 4. The van der Waals surface area contributed by atoms with Crippen molar-refractivity contribution >= 4 is 11.8 Å². The first-order valence-corrected chi connectivity index (χ1v) is 5.62. The number of aromatic nitrogens is 1. The second-order valence-corrected chi connectivity index (χ2v) is 4.49. The van der Waals surface area contributed by atoms with Crippen molar-refractivity contribution in [2.24, 2.45) is 0 Å².